The summed E-state index contributed by atoms with van der Waals surface area (Å²) in [5.41, 5.74) is 0. The van der Waals surface area contributed by atoms with Gasteiger partial charge in [0.2, 0.25) is 0 Å². The molecular weight excluding hydrogens is 269 g/mol. The first kappa shape index (κ1) is 13.7. The average molecular weight is 292 g/mol. The summed E-state index contributed by atoms with van der Waals surface area (Å²) in [4.78, 5) is 0. The predicted octanol–water partition coefficient (Wildman–Crippen LogP) is 2.09. The van der Waals surface area contributed by atoms with Gasteiger partial charge in [-0.15, -0.1) is 0 Å². The molecule has 78 valence electrons. The van der Waals surface area contributed by atoms with Crippen LogP contribution in [0.5, 0.6) is 0 Å². The van der Waals surface area contributed by atoms with Crippen molar-refractivity contribution in [2.45, 2.75) is 38.0 Å². The Labute approximate surface area is 93.6 Å². The Morgan fingerprint density at radius 3 is 2.54 bits per heavy atom. The fourth-order valence-electron chi connectivity index (χ4n) is 1.35. The standard InChI is InChI=1S/C8H18N.C2H5O.Sn/c1-4-6-8(3)7-9-5-2;1-2-3;/h4,8-9H,5-7H2,1-3H3;2H2,1H3;/q;-1;+1. The topological polar surface area (TPSA) is 21.3 Å². The van der Waals surface area contributed by atoms with Gasteiger partial charge in [0.05, 0.1) is 0 Å². The Bertz CT molecular complexity index is 99.1. The summed E-state index contributed by atoms with van der Waals surface area (Å²) < 4.78 is 6.41. The number of hydrogen-bond donors (Lipinski definition) is 1. The third-order valence-corrected chi connectivity index (χ3v) is 5.05. The van der Waals surface area contributed by atoms with Crippen molar-refractivity contribution >= 4 is 21.6 Å². The molecule has 0 spiro atoms. The second kappa shape index (κ2) is 9.28. The molecule has 2 radical (unpaired) electrons. The fraction of sp³-hybridized carbons (Fsp3) is 1.00. The molecule has 0 saturated heterocycles. The Hall–Kier alpha value is 0.719. The summed E-state index contributed by atoms with van der Waals surface area (Å²) in [7, 11) is 0. The van der Waals surface area contributed by atoms with E-state index in [1.165, 1.54) is 6.42 Å². The predicted molar refractivity (Wildman–Crippen MR) is 59.1 cm³/mol. The molecule has 3 heteroatoms. The van der Waals surface area contributed by atoms with Crippen LogP contribution in [0.1, 0.15) is 34.1 Å². The molecule has 0 aromatic heterocycles. The van der Waals surface area contributed by atoms with Crippen LogP contribution in [0.4, 0.5) is 0 Å². The molecule has 0 heterocycles. The van der Waals surface area contributed by atoms with Gasteiger partial charge in [-0.05, 0) is 0 Å². The quantitative estimate of drug-likeness (QED) is 0.692. The molecule has 2 unspecified atom stereocenters. The van der Waals surface area contributed by atoms with Crippen molar-refractivity contribution in [2.24, 2.45) is 5.92 Å². The maximum atomic E-state index is 5.55. The molecule has 0 aliphatic rings. The summed E-state index contributed by atoms with van der Waals surface area (Å²) >= 11 is -0.520. The molecule has 0 rings (SSSR count). The average Bonchev–Trinajstić information content (AvgIpc) is 2.11. The van der Waals surface area contributed by atoms with E-state index in [9.17, 15) is 0 Å². The van der Waals surface area contributed by atoms with Crippen LogP contribution in [-0.2, 0) is 3.07 Å². The molecule has 0 aliphatic carbocycles. The minimum atomic E-state index is -0.520. The Balaban J connectivity index is 3.35. The van der Waals surface area contributed by atoms with Crippen molar-refractivity contribution in [3.8, 4) is 0 Å². The summed E-state index contributed by atoms with van der Waals surface area (Å²) in [6.07, 6.45) is 1.33. The van der Waals surface area contributed by atoms with Crippen LogP contribution in [0, 0.1) is 5.92 Å². The summed E-state index contributed by atoms with van der Waals surface area (Å²) in [5, 5.41) is 3.39. The molecule has 0 saturated carbocycles. The van der Waals surface area contributed by atoms with Gasteiger partial charge in [-0.2, -0.15) is 0 Å². The zero-order valence-electron chi connectivity index (χ0n) is 9.39. The number of nitrogens with one attached hydrogen (secondary N) is 1. The van der Waals surface area contributed by atoms with E-state index in [-0.39, 0.29) is 0 Å². The van der Waals surface area contributed by atoms with Crippen molar-refractivity contribution in [3.05, 3.63) is 0 Å². The van der Waals surface area contributed by atoms with Crippen LogP contribution in [-0.4, -0.2) is 41.3 Å². The molecule has 0 aromatic rings. The van der Waals surface area contributed by atoms with Gasteiger partial charge in [0, 0.05) is 0 Å². The van der Waals surface area contributed by atoms with Gasteiger partial charge in [-0.1, -0.05) is 0 Å². The van der Waals surface area contributed by atoms with Gasteiger partial charge in [0.1, 0.15) is 0 Å². The SMILES string of the molecule is CCNCC(C)C[CH](C)[Sn][O]CC. The Kier molecular flexibility index (Phi) is 9.79. The van der Waals surface area contributed by atoms with Crippen LogP contribution < -0.4 is 5.32 Å². The maximum absolute atomic E-state index is 5.55. The molecule has 0 aliphatic heterocycles. The van der Waals surface area contributed by atoms with Crippen LogP contribution in [0.15, 0.2) is 0 Å². The van der Waals surface area contributed by atoms with Gasteiger partial charge in [-0.25, -0.2) is 0 Å². The van der Waals surface area contributed by atoms with Crippen LogP contribution >= 0.6 is 0 Å². The van der Waals surface area contributed by atoms with Gasteiger partial charge in [-0.3, -0.25) is 0 Å². The molecule has 2 atom stereocenters. The van der Waals surface area contributed by atoms with Gasteiger partial charge >= 0.3 is 93.6 Å². The second-order valence-electron chi connectivity index (χ2n) is 3.60. The Morgan fingerprint density at radius 1 is 1.31 bits per heavy atom. The first-order valence-electron chi connectivity index (χ1n) is 5.28. The molecular formula is C10H23NOSn. The van der Waals surface area contributed by atoms with Gasteiger partial charge < -0.3 is 0 Å². The van der Waals surface area contributed by atoms with Crippen LogP contribution in [0.2, 0.25) is 3.93 Å². The third kappa shape index (κ3) is 9.03. The molecule has 0 bridgehead atoms. The van der Waals surface area contributed by atoms with E-state index < -0.39 is 21.6 Å². The van der Waals surface area contributed by atoms with Crippen LogP contribution in [0.25, 0.3) is 0 Å². The monoisotopic (exact) mass is 293 g/mol. The van der Waals surface area contributed by atoms with E-state index in [1.54, 1.807) is 0 Å². The molecule has 0 amide bonds. The number of rotatable bonds is 8. The van der Waals surface area contributed by atoms with E-state index >= 15 is 0 Å². The zero-order chi connectivity index (χ0) is 10.1. The van der Waals surface area contributed by atoms with E-state index in [1.807, 2.05) is 0 Å². The van der Waals surface area contributed by atoms with Gasteiger partial charge in [0.15, 0.2) is 0 Å². The fourth-order valence-corrected chi connectivity index (χ4v) is 4.06. The molecule has 1 N–H and O–H groups in total. The van der Waals surface area contributed by atoms with E-state index in [4.69, 9.17) is 3.07 Å². The molecule has 0 fully saturated rings. The Morgan fingerprint density at radius 2 is 2.00 bits per heavy atom. The zero-order valence-corrected chi connectivity index (χ0v) is 12.2. The van der Waals surface area contributed by atoms with E-state index in [0.29, 0.717) is 0 Å². The van der Waals surface area contributed by atoms with Crippen molar-refractivity contribution in [1.29, 1.82) is 0 Å². The van der Waals surface area contributed by atoms with Gasteiger partial charge in [0.25, 0.3) is 0 Å². The second-order valence-corrected chi connectivity index (χ2v) is 7.91. The number of hydrogen-bond acceptors (Lipinski definition) is 2. The minimum absolute atomic E-state index is 0.520. The summed E-state index contributed by atoms with van der Waals surface area (Å²) in [5.74, 6) is 0.802. The van der Waals surface area contributed by atoms with Crippen molar-refractivity contribution < 1.29 is 3.07 Å². The first-order chi connectivity index (χ1) is 6.20. The normalized spacial score (nSPS) is 15.7. The van der Waals surface area contributed by atoms with Crippen molar-refractivity contribution in [3.63, 3.8) is 0 Å². The molecule has 13 heavy (non-hydrogen) atoms. The third-order valence-electron chi connectivity index (χ3n) is 1.93. The van der Waals surface area contributed by atoms with E-state index in [2.05, 4.69) is 33.0 Å². The van der Waals surface area contributed by atoms with E-state index in [0.717, 1.165) is 29.5 Å². The molecule has 0 aromatic carbocycles. The summed E-state index contributed by atoms with van der Waals surface area (Å²) in [6.45, 7) is 12.1. The van der Waals surface area contributed by atoms with Crippen molar-refractivity contribution in [1.82, 2.24) is 5.32 Å². The van der Waals surface area contributed by atoms with Crippen molar-refractivity contribution in [2.75, 3.05) is 19.7 Å². The van der Waals surface area contributed by atoms with Crippen LogP contribution in [0.3, 0.4) is 0 Å². The summed E-state index contributed by atoms with van der Waals surface area (Å²) in [6, 6.07) is 0. The molecule has 2 nitrogen and oxygen atoms in total. The first-order valence-corrected chi connectivity index (χ1v) is 8.10.